The van der Waals surface area contributed by atoms with Crippen molar-refractivity contribution in [2.45, 2.75) is 26.4 Å². The number of carbonyl (C=O) groups excluding carboxylic acids is 1. The molecule has 4 rings (SSSR count). The summed E-state index contributed by atoms with van der Waals surface area (Å²) < 4.78 is 1.59. The van der Waals surface area contributed by atoms with E-state index in [1.54, 1.807) is 22.9 Å². The standard InChI is InChI=1S/C20H21N5O2/c1-13-4-6-14(7-5-13)12-25-10-2-3-17(20(25)27)22-19(26)18-15-11-21-9-8-16(15)23-24-18/h2-7,10,21H,8-9,11-12H2,1H3,(H,22,26)(H,23,24). The third-order valence-electron chi connectivity index (χ3n) is 4.76. The van der Waals surface area contributed by atoms with Gasteiger partial charge in [0.25, 0.3) is 11.5 Å². The van der Waals surface area contributed by atoms with Gasteiger partial charge in [0, 0.05) is 37.0 Å². The molecule has 2 aromatic heterocycles. The number of hydrogen-bond donors (Lipinski definition) is 3. The molecule has 0 saturated heterocycles. The SMILES string of the molecule is Cc1ccc(Cn2cccc(NC(=O)c3n[nH]c4c3CNCC4)c2=O)cc1. The fraction of sp³-hybridized carbons (Fsp3) is 0.250. The van der Waals surface area contributed by atoms with E-state index in [2.05, 4.69) is 20.8 Å². The van der Waals surface area contributed by atoms with E-state index in [0.717, 1.165) is 29.8 Å². The Labute approximate surface area is 156 Å². The number of aryl methyl sites for hydroxylation is 1. The summed E-state index contributed by atoms with van der Waals surface area (Å²) in [6.07, 6.45) is 2.53. The van der Waals surface area contributed by atoms with Crippen LogP contribution in [-0.2, 0) is 19.5 Å². The highest BCUT2D eigenvalue weighted by Gasteiger charge is 2.22. The second-order valence-corrected chi connectivity index (χ2v) is 6.75. The number of amides is 1. The minimum Gasteiger partial charge on any atom is -0.316 e. The molecule has 0 unspecified atom stereocenters. The molecule has 0 aliphatic carbocycles. The third kappa shape index (κ3) is 3.54. The smallest absolute Gasteiger partial charge is 0.276 e. The number of rotatable bonds is 4. The first-order valence-corrected chi connectivity index (χ1v) is 8.95. The van der Waals surface area contributed by atoms with Gasteiger partial charge in [-0.05, 0) is 24.6 Å². The van der Waals surface area contributed by atoms with E-state index in [0.29, 0.717) is 18.8 Å². The van der Waals surface area contributed by atoms with Gasteiger partial charge in [-0.3, -0.25) is 14.7 Å². The molecule has 1 aliphatic rings. The molecular weight excluding hydrogens is 342 g/mol. The van der Waals surface area contributed by atoms with Gasteiger partial charge in [-0.15, -0.1) is 0 Å². The van der Waals surface area contributed by atoms with Gasteiger partial charge in [0.2, 0.25) is 0 Å². The van der Waals surface area contributed by atoms with Crippen molar-refractivity contribution >= 4 is 11.6 Å². The second-order valence-electron chi connectivity index (χ2n) is 6.75. The first-order chi connectivity index (χ1) is 13.1. The van der Waals surface area contributed by atoms with Gasteiger partial charge in [0.1, 0.15) is 5.69 Å². The molecule has 0 fully saturated rings. The van der Waals surface area contributed by atoms with Crippen LogP contribution in [0.2, 0.25) is 0 Å². The fourth-order valence-electron chi connectivity index (χ4n) is 3.24. The lowest BCUT2D eigenvalue weighted by molar-refractivity contribution is 0.102. The highest BCUT2D eigenvalue weighted by molar-refractivity contribution is 6.03. The van der Waals surface area contributed by atoms with E-state index in [4.69, 9.17) is 0 Å². The molecule has 0 radical (unpaired) electrons. The Morgan fingerprint density at radius 1 is 1.26 bits per heavy atom. The van der Waals surface area contributed by atoms with Crippen molar-refractivity contribution in [3.8, 4) is 0 Å². The van der Waals surface area contributed by atoms with Crippen LogP contribution in [0.5, 0.6) is 0 Å². The summed E-state index contributed by atoms with van der Waals surface area (Å²) in [5.41, 5.74) is 4.38. The Kier molecular flexibility index (Phi) is 4.60. The summed E-state index contributed by atoms with van der Waals surface area (Å²) in [7, 11) is 0. The number of nitrogens with one attached hydrogen (secondary N) is 3. The van der Waals surface area contributed by atoms with E-state index >= 15 is 0 Å². The Morgan fingerprint density at radius 2 is 2.07 bits per heavy atom. The van der Waals surface area contributed by atoms with Crippen LogP contribution in [0.1, 0.15) is 32.9 Å². The van der Waals surface area contributed by atoms with Crippen molar-refractivity contribution in [1.29, 1.82) is 0 Å². The van der Waals surface area contributed by atoms with Crippen molar-refractivity contribution in [1.82, 2.24) is 20.1 Å². The first-order valence-electron chi connectivity index (χ1n) is 8.95. The minimum absolute atomic E-state index is 0.242. The molecule has 0 atom stereocenters. The lowest BCUT2D eigenvalue weighted by Gasteiger charge is -2.13. The predicted molar refractivity (Wildman–Crippen MR) is 103 cm³/mol. The number of aromatic amines is 1. The van der Waals surface area contributed by atoms with Crippen LogP contribution in [0.4, 0.5) is 5.69 Å². The number of nitrogens with zero attached hydrogens (tertiary/aromatic N) is 2. The predicted octanol–water partition coefficient (Wildman–Crippen LogP) is 1.83. The molecular formula is C20H21N5O2. The van der Waals surface area contributed by atoms with Gasteiger partial charge in [-0.1, -0.05) is 29.8 Å². The zero-order valence-corrected chi connectivity index (χ0v) is 15.1. The molecule has 138 valence electrons. The second kappa shape index (κ2) is 7.20. The van der Waals surface area contributed by atoms with Gasteiger partial charge in [0.15, 0.2) is 5.69 Å². The molecule has 3 aromatic rings. The van der Waals surface area contributed by atoms with E-state index in [9.17, 15) is 9.59 Å². The molecule has 1 amide bonds. The number of H-pyrrole nitrogens is 1. The summed E-state index contributed by atoms with van der Waals surface area (Å²) in [5, 5.41) is 13.0. The van der Waals surface area contributed by atoms with E-state index < -0.39 is 0 Å². The van der Waals surface area contributed by atoms with Crippen molar-refractivity contribution in [2.75, 3.05) is 11.9 Å². The maximum atomic E-state index is 12.7. The Bertz CT molecular complexity index is 1030. The Balaban J connectivity index is 1.56. The number of hydrogen-bond acceptors (Lipinski definition) is 4. The lowest BCUT2D eigenvalue weighted by Crippen LogP contribution is -2.28. The number of carbonyl (C=O) groups is 1. The zero-order valence-electron chi connectivity index (χ0n) is 15.1. The number of fused-ring (bicyclic) bond motifs is 1. The highest BCUT2D eigenvalue weighted by Crippen LogP contribution is 2.16. The van der Waals surface area contributed by atoms with Gasteiger partial charge in [0.05, 0.1) is 6.54 Å². The first kappa shape index (κ1) is 17.2. The Morgan fingerprint density at radius 3 is 2.89 bits per heavy atom. The van der Waals surface area contributed by atoms with Crippen molar-refractivity contribution in [2.24, 2.45) is 0 Å². The van der Waals surface area contributed by atoms with E-state index in [-0.39, 0.29) is 17.2 Å². The van der Waals surface area contributed by atoms with Crippen LogP contribution in [-0.4, -0.2) is 27.2 Å². The molecule has 0 spiro atoms. The van der Waals surface area contributed by atoms with E-state index in [1.165, 1.54) is 5.56 Å². The van der Waals surface area contributed by atoms with Gasteiger partial charge < -0.3 is 15.2 Å². The van der Waals surface area contributed by atoms with Crippen LogP contribution in [0.3, 0.4) is 0 Å². The Hall–Kier alpha value is -3.19. The fourth-order valence-corrected chi connectivity index (χ4v) is 3.24. The molecule has 7 heteroatoms. The summed E-state index contributed by atoms with van der Waals surface area (Å²) in [6, 6.07) is 11.4. The summed E-state index contributed by atoms with van der Waals surface area (Å²) in [5.74, 6) is -0.374. The molecule has 0 saturated carbocycles. The summed E-state index contributed by atoms with van der Waals surface area (Å²) >= 11 is 0. The van der Waals surface area contributed by atoms with Gasteiger partial charge in [-0.2, -0.15) is 5.10 Å². The molecule has 7 nitrogen and oxygen atoms in total. The maximum Gasteiger partial charge on any atom is 0.276 e. The number of aromatic nitrogens is 3. The number of benzene rings is 1. The van der Waals surface area contributed by atoms with Crippen LogP contribution in [0, 0.1) is 6.92 Å². The van der Waals surface area contributed by atoms with Gasteiger partial charge >= 0.3 is 0 Å². The molecule has 27 heavy (non-hydrogen) atoms. The molecule has 1 aliphatic heterocycles. The van der Waals surface area contributed by atoms with E-state index in [1.807, 2.05) is 31.2 Å². The quantitative estimate of drug-likeness (QED) is 0.659. The zero-order chi connectivity index (χ0) is 18.8. The summed E-state index contributed by atoms with van der Waals surface area (Å²) in [4.78, 5) is 25.4. The lowest BCUT2D eigenvalue weighted by atomic mass is 10.1. The highest BCUT2D eigenvalue weighted by atomic mass is 16.2. The normalized spacial score (nSPS) is 13.2. The van der Waals surface area contributed by atoms with Crippen LogP contribution in [0.25, 0.3) is 0 Å². The van der Waals surface area contributed by atoms with Crippen molar-refractivity contribution in [3.05, 3.63) is 81.0 Å². The molecule has 3 heterocycles. The topological polar surface area (TPSA) is 91.8 Å². The average Bonchev–Trinajstić information content (AvgIpc) is 3.11. The third-order valence-corrected chi connectivity index (χ3v) is 4.76. The average molecular weight is 363 g/mol. The largest absolute Gasteiger partial charge is 0.316 e. The number of pyridine rings is 1. The minimum atomic E-state index is -0.374. The van der Waals surface area contributed by atoms with Crippen LogP contribution < -0.4 is 16.2 Å². The maximum absolute atomic E-state index is 12.7. The van der Waals surface area contributed by atoms with Crippen molar-refractivity contribution < 1.29 is 4.79 Å². The molecule has 3 N–H and O–H groups in total. The van der Waals surface area contributed by atoms with Crippen molar-refractivity contribution in [3.63, 3.8) is 0 Å². The van der Waals surface area contributed by atoms with Crippen LogP contribution in [0.15, 0.2) is 47.4 Å². The van der Waals surface area contributed by atoms with Gasteiger partial charge in [-0.25, -0.2) is 0 Å². The monoisotopic (exact) mass is 363 g/mol. The van der Waals surface area contributed by atoms with Crippen LogP contribution >= 0.6 is 0 Å². The number of anilines is 1. The molecule has 1 aromatic carbocycles. The molecule has 0 bridgehead atoms. The summed E-state index contributed by atoms with van der Waals surface area (Å²) in [6.45, 7) is 3.93.